The second-order valence-electron chi connectivity index (χ2n) is 5.30. The Hall–Kier alpha value is -0.670. The molecule has 0 heterocycles. The molecule has 0 aliphatic rings. The average molecular weight is 267 g/mol. The summed E-state index contributed by atoms with van der Waals surface area (Å²) in [6, 6.07) is 8.33. The minimum atomic E-state index is 0.147. The van der Waals surface area contributed by atoms with E-state index in [4.69, 9.17) is 4.74 Å². The van der Waals surface area contributed by atoms with Crippen molar-refractivity contribution in [1.29, 1.82) is 0 Å². The van der Waals surface area contributed by atoms with Crippen molar-refractivity contribution in [1.82, 2.24) is 5.32 Å². The van der Waals surface area contributed by atoms with Gasteiger partial charge in [0.1, 0.15) is 5.75 Å². The van der Waals surface area contributed by atoms with Gasteiger partial charge in [0.2, 0.25) is 0 Å². The van der Waals surface area contributed by atoms with E-state index in [1.165, 1.54) is 5.56 Å². The van der Waals surface area contributed by atoms with E-state index < -0.39 is 0 Å². The Morgan fingerprint density at radius 2 is 2.06 bits per heavy atom. The van der Waals surface area contributed by atoms with Crippen molar-refractivity contribution in [2.75, 3.05) is 18.1 Å². The van der Waals surface area contributed by atoms with Gasteiger partial charge in [0.25, 0.3) is 0 Å². The van der Waals surface area contributed by atoms with Gasteiger partial charge in [-0.15, -0.1) is 0 Å². The van der Waals surface area contributed by atoms with Gasteiger partial charge in [-0.2, -0.15) is 11.8 Å². The van der Waals surface area contributed by atoms with E-state index in [-0.39, 0.29) is 5.54 Å². The largest absolute Gasteiger partial charge is 0.493 e. The highest BCUT2D eigenvalue weighted by Gasteiger charge is 2.08. The molecule has 1 rings (SSSR count). The molecule has 1 aromatic rings. The predicted octanol–water partition coefficient (Wildman–Crippen LogP) is 3.71. The summed E-state index contributed by atoms with van der Waals surface area (Å²) in [7, 11) is 0. The third-order valence-corrected chi connectivity index (χ3v) is 3.29. The Kier molecular flexibility index (Phi) is 6.58. The highest BCUT2D eigenvalue weighted by Crippen LogP contribution is 2.14. The highest BCUT2D eigenvalue weighted by atomic mass is 32.2. The van der Waals surface area contributed by atoms with Gasteiger partial charge in [0, 0.05) is 17.8 Å². The fraction of sp³-hybridized carbons (Fsp3) is 0.600. The summed E-state index contributed by atoms with van der Waals surface area (Å²) >= 11 is 1.91. The van der Waals surface area contributed by atoms with E-state index in [2.05, 4.69) is 51.2 Å². The fourth-order valence-electron chi connectivity index (χ4n) is 1.48. The van der Waals surface area contributed by atoms with Crippen LogP contribution in [-0.4, -0.2) is 23.7 Å². The number of ether oxygens (including phenoxy) is 1. The van der Waals surface area contributed by atoms with Gasteiger partial charge in [0.05, 0.1) is 6.61 Å². The molecular weight excluding hydrogens is 242 g/mol. The molecule has 0 unspecified atom stereocenters. The molecule has 0 radical (unpaired) electrons. The van der Waals surface area contributed by atoms with Gasteiger partial charge in [0.15, 0.2) is 0 Å². The quantitative estimate of drug-likeness (QED) is 0.761. The van der Waals surface area contributed by atoms with Crippen LogP contribution in [-0.2, 0) is 6.54 Å². The zero-order chi connectivity index (χ0) is 13.4. The molecule has 102 valence electrons. The molecule has 0 atom stereocenters. The number of rotatable bonds is 7. The van der Waals surface area contributed by atoms with E-state index in [0.29, 0.717) is 0 Å². The van der Waals surface area contributed by atoms with Crippen LogP contribution < -0.4 is 10.1 Å². The minimum absolute atomic E-state index is 0.147. The molecule has 0 aliphatic carbocycles. The van der Waals surface area contributed by atoms with Crippen molar-refractivity contribution in [3.05, 3.63) is 29.8 Å². The van der Waals surface area contributed by atoms with Crippen LogP contribution in [0.15, 0.2) is 24.3 Å². The summed E-state index contributed by atoms with van der Waals surface area (Å²) < 4.78 is 5.73. The van der Waals surface area contributed by atoms with Gasteiger partial charge >= 0.3 is 0 Å². The Balaban J connectivity index is 2.41. The molecule has 0 saturated carbocycles. The lowest BCUT2D eigenvalue weighted by molar-refractivity contribution is 0.343. The minimum Gasteiger partial charge on any atom is -0.493 e. The number of hydrogen-bond donors (Lipinski definition) is 1. The first-order valence-electron chi connectivity index (χ1n) is 6.56. The topological polar surface area (TPSA) is 21.3 Å². The van der Waals surface area contributed by atoms with Crippen molar-refractivity contribution in [2.45, 2.75) is 39.8 Å². The van der Waals surface area contributed by atoms with Crippen LogP contribution in [0.1, 0.15) is 33.3 Å². The first-order valence-corrected chi connectivity index (χ1v) is 7.71. The van der Waals surface area contributed by atoms with Crippen molar-refractivity contribution in [2.24, 2.45) is 0 Å². The SMILES string of the molecule is CCSCCOc1cccc(CNC(C)(C)C)c1. The van der Waals surface area contributed by atoms with Crippen LogP contribution in [0.5, 0.6) is 5.75 Å². The van der Waals surface area contributed by atoms with Crippen molar-refractivity contribution < 1.29 is 4.74 Å². The van der Waals surface area contributed by atoms with Crippen LogP contribution in [0.3, 0.4) is 0 Å². The smallest absolute Gasteiger partial charge is 0.119 e. The average Bonchev–Trinajstić information content (AvgIpc) is 2.32. The van der Waals surface area contributed by atoms with Crippen LogP contribution in [0.4, 0.5) is 0 Å². The molecule has 0 spiro atoms. The standard InChI is InChI=1S/C15H25NOS/c1-5-18-10-9-17-14-8-6-7-13(11-14)12-16-15(2,3)4/h6-8,11,16H,5,9-10,12H2,1-4H3. The zero-order valence-corrected chi connectivity index (χ0v) is 12.8. The monoisotopic (exact) mass is 267 g/mol. The van der Waals surface area contributed by atoms with E-state index in [9.17, 15) is 0 Å². The molecule has 0 fully saturated rings. The first kappa shape index (κ1) is 15.4. The number of thioether (sulfide) groups is 1. The van der Waals surface area contributed by atoms with E-state index in [1.54, 1.807) is 0 Å². The molecule has 18 heavy (non-hydrogen) atoms. The lowest BCUT2D eigenvalue weighted by atomic mass is 10.1. The number of hydrogen-bond acceptors (Lipinski definition) is 3. The molecule has 2 nitrogen and oxygen atoms in total. The summed E-state index contributed by atoms with van der Waals surface area (Å²) in [5, 5.41) is 3.48. The molecule has 0 aliphatic heterocycles. The van der Waals surface area contributed by atoms with Crippen LogP contribution >= 0.6 is 11.8 Å². The summed E-state index contributed by atoms with van der Waals surface area (Å²) in [4.78, 5) is 0. The molecule has 0 saturated heterocycles. The first-order chi connectivity index (χ1) is 8.51. The second-order valence-corrected chi connectivity index (χ2v) is 6.69. The van der Waals surface area contributed by atoms with Crippen LogP contribution in [0.2, 0.25) is 0 Å². The van der Waals surface area contributed by atoms with Gasteiger partial charge in [-0.05, 0) is 44.2 Å². The van der Waals surface area contributed by atoms with Crippen LogP contribution in [0.25, 0.3) is 0 Å². The molecule has 0 aromatic heterocycles. The maximum Gasteiger partial charge on any atom is 0.119 e. The summed E-state index contributed by atoms with van der Waals surface area (Å²) in [6.07, 6.45) is 0. The van der Waals surface area contributed by atoms with Crippen LogP contribution in [0, 0.1) is 0 Å². The zero-order valence-electron chi connectivity index (χ0n) is 12.0. The van der Waals surface area contributed by atoms with Gasteiger partial charge in [-0.25, -0.2) is 0 Å². The normalized spacial score (nSPS) is 11.6. The predicted molar refractivity (Wildman–Crippen MR) is 81.5 cm³/mol. The van der Waals surface area contributed by atoms with Crippen molar-refractivity contribution in [3.63, 3.8) is 0 Å². The van der Waals surface area contributed by atoms with Gasteiger partial charge in [-0.3, -0.25) is 0 Å². The Morgan fingerprint density at radius 1 is 1.28 bits per heavy atom. The van der Waals surface area contributed by atoms with E-state index in [1.807, 2.05) is 17.8 Å². The lowest BCUT2D eigenvalue weighted by Crippen LogP contribution is -2.35. The Labute approximate surface area is 116 Å². The third-order valence-electron chi connectivity index (χ3n) is 2.42. The summed E-state index contributed by atoms with van der Waals surface area (Å²) in [5.74, 6) is 3.18. The van der Waals surface area contributed by atoms with E-state index in [0.717, 1.165) is 30.4 Å². The molecule has 1 N–H and O–H groups in total. The lowest BCUT2D eigenvalue weighted by Gasteiger charge is -2.20. The second kappa shape index (κ2) is 7.70. The van der Waals surface area contributed by atoms with Crippen molar-refractivity contribution in [3.8, 4) is 5.75 Å². The molecular formula is C15H25NOS. The fourth-order valence-corrected chi connectivity index (χ4v) is 1.97. The maximum absolute atomic E-state index is 5.73. The Bertz CT molecular complexity index is 347. The highest BCUT2D eigenvalue weighted by molar-refractivity contribution is 7.99. The molecule has 0 bridgehead atoms. The molecule has 1 aromatic carbocycles. The van der Waals surface area contributed by atoms with Gasteiger partial charge in [-0.1, -0.05) is 19.1 Å². The molecule has 3 heteroatoms. The maximum atomic E-state index is 5.73. The van der Waals surface area contributed by atoms with E-state index >= 15 is 0 Å². The summed E-state index contributed by atoms with van der Waals surface area (Å²) in [5.41, 5.74) is 1.42. The third kappa shape index (κ3) is 6.92. The van der Waals surface area contributed by atoms with Crippen molar-refractivity contribution >= 4 is 11.8 Å². The van der Waals surface area contributed by atoms with Gasteiger partial charge < -0.3 is 10.1 Å². The number of nitrogens with one attached hydrogen (secondary N) is 1. The molecule has 0 amide bonds. The summed E-state index contributed by atoms with van der Waals surface area (Å²) in [6.45, 7) is 10.4. The Morgan fingerprint density at radius 3 is 2.72 bits per heavy atom. The number of benzene rings is 1.